The van der Waals surface area contributed by atoms with Crippen LogP contribution in [-0.2, 0) is 6.54 Å². The van der Waals surface area contributed by atoms with Gasteiger partial charge in [-0.25, -0.2) is 0 Å². The molecule has 1 aliphatic carbocycles. The second kappa shape index (κ2) is 9.12. The van der Waals surface area contributed by atoms with E-state index < -0.39 is 0 Å². The minimum Gasteiger partial charge on any atom is -0.497 e. The molecule has 0 aromatic heterocycles. The second-order valence-corrected chi connectivity index (χ2v) is 5.41. The van der Waals surface area contributed by atoms with Crippen molar-refractivity contribution in [3.05, 3.63) is 29.3 Å². The second-order valence-electron chi connectivity index (χ2n) is 5.41. The van der Waals surface area contributed by atoms with Gasteiger partial charge in [-0.1, -0.05) is 18.9 Å². The van der Waals surface area contributed by atoms with E-state index in [1.54, 1.807) is 7.11 Å². The van der Waals surface area contributed by atoms with E-state index in [-0.39, 0.29) is 24.0 Å². The summed E-state index contributed by atoms with van der Waals surface area (Å²) in [5, 5.41) is 6.86. The Balaban J connectivity index is 0.00000220. The van der Waals surface area contributed by atoms with Gasteiger partial charge in [-0.15, -0.1) is 24.0 Å². The first kappa shape index (κ1) is 18.1. The molecule has 4 nitrogen and oxygen atoms in total. The maximum Gasteiger partial charge on any atom is 0.191 e. The van der Waals surface area contributed by atoms with Crippen molar-refractivity contribution in [3.8, 4) is 5.75 Å². The van der Waals surface area contributed by atoms with E-state index in [1.165, 1.54) is 36.8 Å². The number of halogens is 1. The van der Waals surface area contributed by atoms with Gasteiger partial charge in [-0.3, -0.25) is 4.99 Å². The number of aryl methyl sites for hydroxylation is 1. The molecule has 1 aromatic carbocycles. The summed E-state index contributed by atoms with van der Waals surface area (Å²) < 4.78 is 5.30. The van der Waals surface area contributed by atoms with Gasteiger partial charge in [0.25, 0.3) is 0 Å². The third-order valence-corrected chi connectivity index (χ3v) is 3.73. The number of ether oxygens (including phenoxy) is 1. The smallest absolute Gasteiger partial charge is 0.191 e. The zero-order valence-electron chi connectivity index (χ0n) is 13.1. The Bertz CT molecular complexity index is 471. The van der Waals surface area contributed by atoms with Crippen LogP contribution in [-0.4, -0.2) is 26.2 Å². The molecule has 1 aromatic rings. The van der Waals surface area contributed by atoms with Gasteiger partial charge >= 0.3 is 0 Å². The molecule has 0 amide bonds. The van der Waals surface area contributed by atoms with Crippen LogP contribution in [0.25, 0.3) is 0 Å². The minimum absolute atomic E-state index is 0. The van der Waals surface area contributed by atoms with E-state index in [9.17, 15) is 0 Å². The lowest BCUT2D eigenvalue weighted by Gasteiger charge is -2.17. The van der Waals surface area contributed by atoms with Crippen LogP contribution in [0.4, 0.5) is 0 Å². The van der Waals surface area contributed by atoms with Crippen molar-refractivity contribution in [1.29, 1.82) is 0 Å². The number of hydrogen-bond acceptors (Lipinski definition) is 2. The first-order valence-corrected chi connectivity index (χ1v) is 7.33. The van der Waals surface area contributed by atoms with Crippen molar-refractivity contribution in [2.45, 2.75) is 45.2 Å². The van der Waals surface area contributed by atoms with Gasteiger partial charge in [-0.05, 0) is 43.0 Å². The fourth-order valence-corrected chi connectivity index (χ4v) is 2.69. The van der Waals surface area contributed by atoms with Crippen LogP contribution in [0.5, 0.6) is 5.75 Å². The third kappa shape index (κ3) is 5.73. The SMILES string of the molecule is CN=C(NCc1cc(C)cc(OC)c1)NC1CCCC1.I. The molecule has 1 saturated carbocycles. The topological polar surface area (TPSA) is 45.7 Å². The Hall–Kier alpha value is -0.980. The molecule has 1 aliphatic rings. The lowest BCUT2D eigenvalue weighted by Crippen LogP contribution is -2.41. The van der Waals surface area contributed by atoms with Crippen LogP contribution in [0, 0.1) is 6.92 Å². The fourth-order valence-electron chi connectivity index (χ4n) is 2.69. The molecule has 0 aliphatic heterocycles. The quantitative estimate of drug-likeness (QED) is 0.461. The van der Waals surface area contributed by atoms with Crippen LogP contribution >= 0.6 is 24.0 Å². The van der Waals surface area contributed by atoms with Gasteiger partial charge in [0.05, 0.1) is 7.11 Å². The molecule has 0 spiro atoms. The average molecular weight is 403 g/mol. The van der Waals surface area contributed by atoms with Crippen LogP contribution < -0.4 is 15.4 Å². The highest BCUT2D eigenvalue weighted by atomic mass is 127. The molecule has 118 valence electrons. The van der Waals surface area contributed by atoms with Gasteiger partial charge in [0.15, 0.2) is 5.96 Å². The molecule has 0 atom stereocenters. The summed E-state index contributed by atoms with van der Waals surface area (Å²) >= 11 is 0. The summed E-state index contributed by atoms with van der Waals surface area (Å²) in [6.45, 7) is 2.84. The summed E-state index contributed by atoms with van der Waals surface area (Å²) in [4.78, 5) is 4.29. The molecule has 2 rings (SSSR count). The van der Waals surface area contributed by atoms with Gasteiger partial charge < -0.3 is 15.4 Å². The van der Waals surface area contributed by atoms with Crippen molar-refractivity contribution in [2.75, 3.05) is 14.2 Å². The number of rotatable bonds is 4. The molecule has 0 heterocycles. The number of benzene rings is 1. The first-order chi connectivity index (χ1) is 9.71. The van der Waals surface area contributed by atoms with Gasteiger partial charge in [0.2, 0.25) is 0 Å². The fraction of sp³-hybridized carbons (Fsp3) is 0.562. The van der Waals surface area contributed by atoms with E-state index >= 15 is 0 Å². The molecule has 0 saturated heterocycles. The van der Waals surface area contributed by atoms with E-state index in [0.29, 0.717) is 6.04 Å². The predicted octanol–water partition coefficient (Wildman–Crippen LogP) is 3.23. The maximum atomic E-state index is 5.30. The number of nitrogens with zero attached hydrogens (tertiary/aromatic N) is 1. The van der Waals surface area contributed by atoms with Crippen LogP contribution in [0.2, 0.25) is 0 Å². The molecular weight excluding hydrogens is 377 g/mol. The Labute approximate surface area is 144 Å². The van der Waals surface area contributed by atoms with Crippen LogP contribution in [0.15, 0.2) is 23.2 Å². The van der Waals surface area contributed by atoms with Crippen LogP contribution in [0.3, 0.4) is 0 Å². The number of hydrogen-bond donors (Lipinski definition) is 2. The molecule has 0 unspecified atom stereocenters. The summed E-state index contributed by atoms with van der Waals surface area (Å²) in [6.07, 6.45) is 5.14. The molecule has 1 fully saturated rings. The number of nitrogens with one attached hydrogen (secondary N) is 2. The zero-order valence-corrected chi connectivity index (χ0v) is 15.4. The normalized spacial score (nSPS) is 15.5. The summed E-state index contributed by atoms with van der Waals surface area (Å²) in [5.74, 6) is 1.79. The largest absolute Gasteiger partial charge is 0.497 e. The third-order valence-electron chi connectivity index (χ3n) is 3.73. The number of guanidine groups is 1. The Kier molecular flexibility index (Phi) is 7.85. The van der Waals surface area contributed by atoms with E-state index in [0.717, 1.165) is 18.3 Å². The van der Waals surface area contributed by atoms with Crippen molar-refractivity contribution < 1.29 is 4.74 Å². The Morgan fingerprint density at radius 3 is 2.62 bits per heavy atom. The molecule has 0 bridgehead atoms. The van der Waals surface area contributed by atoms with Crippen molar-refractivity contribution in [2.24, 2.45) is 4.99 Å². The van der Waals surface area contributed by atoms with Crippen molar-refractivity contribution in [3.63, 3.8) is 0 Å². The summed E-state index contributed by atoms with van der Waals surface area (Å²) in [7, 11) is 3.52. The lowest BCUT2D eigenvalue weighted by atomic mass is 10.1. The van der Waals surface area contributed by atoms with E-state index in [4.69, 9.17) is 4.74 Å². The highest BCUT2D eigenvalue weighted by Crippen LogP contribution is 2.18. The van der Waals surface area contributed by atoms with Gasteiger partial charge in [-0.2, -0.15) is 0 Å². The number of aliphatic imine (C=N–C) groups is 1. The zero-order chi connectivity index (χ0) is 14.4. The molecular formula is C16H26IN3O. The monoisotopic (exact) mass is 403 g/mol. The highest BCUT2D eigenvalue weighted by molar-refractivity contribution is 14.0. The molecule has 21 heavy (non-hydrogen) atoms. The van der Waals surface area contributed by atoms with Crippen molar-refractivity contribution >= 4 is 29.9 Å². The van der Waals surface area contributed by atoms with Crippen LogP contribution in [0.1, 0.15) is 36.8 Å². The average Bonchev–Trinajstić information content (AvgIpc) is 2.95. The summed E-state index contributed by atoms with van der Waals surface area (Å²) in [6, 6.07) is 6.84. The Morgan fingerprint density at radius 2 is 2.00 bits per heavy atom. The first-order valence-electron chi connectivity index (χ1n) is 7.33. The van der Waals surface area contributed by atoms with E-state index in [2.05, 4.69) is 34.7 Å². The molecule has 2 N–H and O–H groups in total. The maximum absolute atomic E-state index is 5.30. The van der Waals surface area contributed by atoms with Gasteiger partial charge in [0, 0.05) is 19.6 Å². The minimum atomic E-state index is 0. The predicted molar refractivity (Wildman–Crippen MR) is 98.7 cm³/mol. The molecule has 0 radical (unpaired) electrons. The summed E-state index contributed by atoms with van der Waals surface area (Å²) in [5.41, 5.74) is 2.41. The highest BCUT2D eigenvalue weighted by Gasteiger charge is 2.15. The number of methoxy groups -OCH3 is 1. The standard InChI is InChI=1S/C16H25N3O.HI/c1-12-8-13(10-15(9-12)20-3)11-18-16(17-2)19-14-6-4-5-7-14;/h8-10,14H,4-7,11H2,1-3H3,(H2,17,18,19);1H. The van der Waals surface area contributed by atoms with E-state index in [1.807, 2.05) is 13.1 Å². The van der Waals surface area contributed by atoms with Crippen molar-refractivity contribution in [1.82, 2.24) is 10.6 Å². The lowest BCUT2D eigenvalue weighted by molar-refractivity contribution is 0.414. The van der Waals surface area contributed by atoms with Gasteiger partial charge in [0.1, 0.15) is 5.75 Å². The molecule has 5 heteroatoms. The Morgan fingerprint density at radius 1 is 1.29 bits per heavy atom.